The molecule has 2 aromatic rings. The van der Waals surface area contributed by atoms with Gasteiger partial charge in [-0.15, -0.1) is 0 Å². The Bertz CT molecular complexity index is 739. The van der Waals surface area contributed by atoms with E-state index in [1.54, 1.807) is 7.05 Å². The smallest absolute Gasteiger partial charge is 0.243 e. The summed E-state index contributed by atoms with van der Waals surface area (Å²) >= 11 is 0. The molecule has 1 atom stereocenters. The highest BCUT2D eigenvalue weighted by atomic mass is 16.2. The Morgan fingerprint density at radius 1 is 1.00 bits per heavy atom. The van der Waals surface area contributed by atoms with Crippen molar-refractivity contribution in [3.8, 4) is 0 Å². The van der Waals surface area contributed by atoms with Crippen molar-refractivity contribution in [2.45, 2.75) is 26.8 Å². The minimum absolute atomic E-state index is 0.0218. The normalized spacial score (nSPS) is 11.7. The van der Waals surface area contributed by atoms with Gasteiger partial charge in [0.25, 0.3) is 0 Å². The van der Waals surface area contributed by atoms with Crippen molar-refractivity contribution in [1.29, 1.82) is 0 Å². The molecule has 0 radical (unpaired) electrons. The van der Waals surface area contributed by atoms with E-state index in [1.807, 2.05) is 69.3 Å². The van der Waals surface area contributed by atoms with Crippen LogP contribution in [0, 0.1) is 13.8 Å². The number of carbonyl (C=O) groups excluding carboxylic acids is 2. The summed E-state index contributed by atoms with van der Waals surface area (Å²) in [6.45, 7) is 6.12. The van der Waals surface area contributed by atoms with Gasteiger partial charge in [0.1, 0.15) is 0 Å². The fraction of sp³-hybridized carbons (Fsp3) is 0.333. The van der Waals surface area contributed by atoms with Crippen LogP contribution in [0.2, 0.25) is 0 Å². The van der Waals surface area contributed by atoms with Crippen molar-refractivity contribution in [1.82, 2.24) is 10.2 Å². The minimum atomic E-state index is -0.200. The number of para-hydroxylation sites is 1. The minimum Gasteiger partial charge on any atom is -0.335 e. The summed E-state index contributed by atoms with van der Waals surface area (Å²) in [6.07, 6.45) is 0. The highest BCUT2D eigenvalue weighted by molar-refractivity contribution is 5.95. The monoisotopic (exact) mass is 353 g/mol. The van der Waals surface area contributed by atoms with Gasteiger partial charge in [-0.1, -0.05) is 48.5 Å². The molecule has 0 aliphatic carbocycles. The molecule has 0 fully saturated rings. The average molecular weight is 353 g/mol. The van der Waals surface area contributed by atoms with Crippen LogP contribution in [-0.4, -0.2) is 36.9 Å². The number of anilines is 1. The second kappa shape index (κ2) is 9.15. The highest BCUT2D eigenvalue weighted by Crippen LogP contribution is 2.19. The maximum atomic E-state index is 12.3. The third-order valence-corrected chi connectivity index (χ3v) is 4.41. The standard InChI is InChI=1S/C21H27N3O2/c1-15-9-8-10-16(2)21(15)23-19(25)14-24(4)20(26)13-22-17(3)18-11-6-5-7-12-18/h5-12,17,22H,13-14H2,1-4H3,(H,23,25)/t17-/m1/s1. The van der Waals surface area contributed by atoms with Crippen LogP contribution < -0.4 is 10.6 Å². The molecule has 0 spiro atoms. The Kier molecular flexibility index (Phi) is 6.92. The molecule has 0 aromatic heterocycles. The molecule has 0 bridgehead atoms. The summed E-state index contributed by atoms with van der Waals surface area (Å²) in [5.41, 5.74) is 3.95. The molecule has 26 heavy (non-hydrogen) atoms. The van der Waals surface area contributed by atoms with Gasteiger partial charge in [-0.25, -0.2) is 0 Å². The summed E-state index contributed by atoms with van der Waals surface area (Å²) in [4.78, 5) is 26.0. The van der Waals surface area contributed by atoms with Crippen molar-refractivity contribution in [2.24, 2.45) is 0 Å². The third kappa shape index (κ3) is 5.43. The molecule has 2 amide bonds. The van der Waals surface area contributed by atoms with E-state index in [1.165, 1.54) is 4.90 Å². The number of amides is 2. The van der Waals surface area contributed by atoms with Crippen LogP contribution in [0.1, 0.15) is 29.7 Å². The van der Waals surface area contributed by atoms with Crippen LogP contribution >= 0.6 is 0 Å². The van der Waals surface area contributed by atoms with Crippen LogP contribution in [0.5, 0.6) is 0 Å². The van der Waals surface area contributed by atoms with E-state index in [2.05, 4.69) is 10.6 Å². The van der Waals surface area contributed by atoms with Crippen molar-refractivity contribution < 1.29 is 9.59 Å². The summed E-state index contributed by atoms with van der Waals surface area (Å²) < 4.78 is 0. The molecule has 138 valence electrons. The molecule has 5 heteroatoms. The van der Waals surface area contributed by atoms with Gasteiger partial charge >= 0.3 is 0 Å². The fourth-order valence-electron chi connectivity index (χ4n) is 2.73. The van der Waals surface area contributed by atoms with Crippen molar-refractivity contribution in [3.63, 3.8) is 0 Å². The van der Waals surface area contributed by atoms with Crippen LogP contribution in [0.25, 0.3) is 0 Å². The van der Waals surface area contributed by atoms with E-state index in [0.29, 0.717) is 0 Å². The second-order valence-electron chi connectivity index (χ2n) is 6.58. The van der Waals surface area contributed by atoms with Crippen molar-refractivity contribution in [3.05, 3.63) is 65.2 Å². The maximum absolute atomic E-state index is 12.3. The Morgan fingerprint density at radius 2 is 1.62 bits per heavy atom. The van der Waals surface area contributed by atoms with Gasteiger partial charge in [0, 0.05) is 18.8 Å². The summed E-state index contributed by atoms with van der Waals surface area (Å²) in [6, 6.07) is 15.9. The SMILES string of the molecule is Cc1cccc(C)c1NC(=O)CN(C)C(=O)CN[C@H](C)c1ccccc1. The topological polar surface area (TPSA) is 61.4 Å². The van der Waals surface area contributed by atoms with Crippen LogP contribution in [0.3, 0.4) is 0 Å². The lowest BCUT2D eigenvalue weighted by Crippen LogP contribution is -2.40. The molecular weight excluding hydrogens is 326 g/mol. The molecule has 2 aromatic carbocycles. The van der Waals surface area contributed by atoms with Crippen molar-refractivity contribution in [2.75, 3.05) is 25.5 Å². The summed E-state index contributed by atoms with van der Waals surface area (Å²) in [7, 11) is 1.64. The van der Waals surface area contributed by atoms with Gasteiger partial charge in [0.2, 0.25) is 11.8 Å². The summed E-state index contributed by atoms with van der Waals surface area (Å²) in [5, 5.41) is 6.10. The third-order valence-electron chi connectivity index (χ3n) is 4.41. The van der Waals surface area contributed by atoms with Crippen LogP contribution in [0.4, 0.5) is 5.69 Å². The molecule has 5 nitrogen and oxygen atoms in total. The van der Waals surface area contributed by atoms with E-state index in [4.69, 9.17) is 0 Å². The molecule has 2 N–H and O–H groups in total. The number of rotatable bonds is 7. The van der Waals surface area contributed by atoms with Gasteiger partial charge in [-0.2, -0.15) is 0 Å². The average Bonchev–Trinajstić information content (AvgIpc) is 2.63. The van der Waals surface area contributed by atoms with E-state index < -0.39 is 0 Å². The number of likely N-dealkylation sites (N-methyl/N-ethyl adjacent to an activating group) is 1. The first-order valence-corrected chi connectivity index (χ1v) is 8.77. The zero-order valence-corrected chi connectivity index (χ0v) is 15.9. The molecule has 2 rings (SSSR count). The Labute approximate surface area is 155 Å². The van der Waals surface area contributed by atoms with Gasteiger partial charge in [0.15, 0.2) is 0 Å². The fourth-order valence-corrected chi connectivity index (χ4v) is 2.73. The predicted molar refractivity (Wildman–Crippen MR) is 105 cm³/mol. The first-order chi connectivity index (χ1) is 12.4. The molecule has 0 saturated carbocycles. The number of carbonyl (C=O) groups is 2. The first-order valence-electron chi connectivity index (χ1n) is 8.77. The zero-order valence-electron chi connectivity index (χ0n) is 15.9. The van der Waals surface area contributed by atoms with Gasteiger partial charge in [-0.05, 0) is 37.5 Å². The largest absolute Gasteiger partial charge is 0.335 e. The first kappa shape index (κ1) is 19.7. The molecule has 0 saturated heterocycles. The van der Waals surface area contributed by atoms with Gasteiger partial charge < -0.3 is 15.5 Å². The number of benzene rings is 2. The molecule has 0 heterocycles. The lowest BCUT2D eigenvalue weighted by molar-refractivity contribution is -0.132. The van der Waals surface area contributed by atoms with E-state index in [9.17, 15) is 9.59 Å². The summed E-state index contributed by atoms with van der Waals surface area (Å²) in [5.74, 6) is -0.321. The van der Waals surface area contributed by atoms with E-state index in [0.717, 1.165) is 22.4 Å². The molecule has 0 aliphatic heterocycles. The highest BCUT2D eigenvalue weighted by Gasteiger charge is 2.15. The molecule has 0 unspecified atom stereocenters. The zero-order chi connectivity index (χ0) is 19.1. The van der Waals surface area contributed by atoms with Crippen LogP contribution in [-0.2, 0) is 9.59 Å². The predicted octanol–water partition coefficient (Wildman–Crippen LogP) is 3.05. The van der Waals surface area contributed by atoms with Crippen LogP contribution in [0.15, 0.2) is 48.5 Å². The Morgan fingerprint density at radius 3 is 2.23 bits per heavy atom. The Hall–Kier alpha value is -2.66. The number of aryl methyl sites for hydroxylation is 2. The number of hydrogen-bond acceptors (Lipinski definition) is 3. The van der Waals surface area contributed by atoms with Gasteiger partial charge in [0.05, 0.1) is 13.1 Å². The maximum Gasteiger partial charge on any atom is 0.243 e. The lowest BCUT2D eigenvalue weighted by atomic mass is 10.1. The molecule has 0 aliphatic rings. The number of nitrogens with zero attached hydrogens (tertiary/aromatic N) is 1. The quantitative estimate of drug-likeness (QED) is 0.804. The Balaban J connectivity index is 1.83. The molecular formula is C21H27N3O2. The van der Waals surface area contributed by atoms with E-state index >= 15 is 0 Å². The van der Waals surface area contributed by atoms with Crippen molar-refractivity contribution >= 4 is 17.5 Å². The lowest BCUT2D eigenvalue weighted by Gasteiger charge is -2.20. The van der Waals surface area contributed by atoms with Gasteiger partial charge in [-0.3, -0.25) is 9.59 Å². The number of nitrogens with one attached hydrogen (secondary N) is 2. The van der Waals surface area contributed by atoms with E-state index in [-0.39, 0.29) is 30.9 Å². The number of hydrogen-bond donors (Lipinski definition) is 2. The second-order valence-corrected chi connectivity index (χ2v) is 6.58.